The average Bonchev–Trinajstić information content (AvgIpc) is 3.47. The van der Waals surface area contributed by atoms with Gasteiger partial charge in [0, 0.05) is 36.4 Å². The quantitative estimate of drug-likeness (QED) is 0.322. The summed E-state index contributed by atoms with van der Waals surface area (Å²) >= 11 is 12.3. The van der Waals surface area contributed by atoms with Crippen LogP contribution in [0.4, 0.5) is 0 Å². The van der Waals surface area contributed by atoms with Crippen LogP contribution in [0.1, 0.15) is 12.5 Å². The Morgan fingerprint density at radius 2 is 1.97 bits per heavy atom. The lowest BCUT2D eigenvalue weighted by Crippen LogP contribution is -2.27. The Labute approximate surface area is 201 Å². The van der Waals surface area contributed by atoms with E-state index in [1.165, 1.54) is 6.08 Å². The summed E-state index contributed by atoms with van der Waals surface area (Å²) in [5, 5.41) is 6.62. The Hall–Kier alpha value is -3.35. The summed E-state index contributed by atoms with van der Waals surface area (Å²) in [6, 6.07) is 15.0. The predicted octanol–water partition coefficient (Wildman–Crippen LogP) is 6.16. The van der Waals surface area contributed by atoms with Crippen LogP contribution in [-0.2, 0) is 4.79 Å². The standard InChI is InChI=1S/C25H20Cl2N4O2/c1-2-23(32)30-13-11-17(15-30)31-25(19-14-28-12-10-21(19)29-31)16-6-8-18(9-7-16)33-22-5-3-4-20(26)24(22)27/h2-10,12,14,17H,1,11,13,15H2. The number of ether oxygens (including phenoxy) is 1. The maximum Gasteiger partial charge on any atom is 0.246 e. The molecule has 2 aromatic carbocycles. The number of likely N-dealkylation sites (tertiary alicyclic amines) is 1. The minimum Gasteiger partial charge on any atom is -0.456 e. The molecule has 1 amide bonds. The first-order valence-electron chi connectivity index (χ1n) is 10.5. The molecule has 3 heterocycles. The van der Waals surface area contributed by atoms with Gasteiger partial charge in [-0.2, -0.15) is 5.10 Å². The number of pyridine rings is 1. The van der Waals surface area contributed by atoms with Crippen LogP contribution in [0.2, 0.25) is 10.0 Å². The molecule has 1 fully saturated rings. The highest BCUT2D eigenvalue weighted by atomic mass is 35.5. The number of amides is 1. The minimum atomic E-state index is -0.0568. The lowest BCUT2D eigenvalue weighted by molar-refractivity contribution is -0.125. The highest BCUT2D eigenvalue weighted by molar-refractivity contribution is 6.42. The molecule has 0 spiro atoms. The number of fused-ring (bicyclic) bond motifs is 1. The number of aromatic nitrogens is 3. The second-order valence-corrected chi connectivity index (χ2v) is 8.58. The van der Waals surface area contributed by atoms with Gasteiger partial charge in [0.2, 0.25) is 5.91 Å². The second kappa shape index (κ2) is 8.89. The van der Waals surface area contributed by atoms with Crippen molar-refractivity contribution < 1.29 is 9.53 Å². The van der Waals surface area contributed by atoms with E-state index in [2.05, 4.69) is 11.6 Å². The van der Waals surface area contributed by atoms with E-state index in [4.69, 9.17) is 33.0 Å². The Kier molecular flexibility index (Phi) is 5.79. The molecule has 0 aliphatic carbocycles. The van der Waals surface area contributed by atoms with Crippen LogP contribution < -0.4 is 4.74 Å². The molecule has 8 heteroatoms. The zero-order chi connectivity index (χ0) is 22.9. The van der Waals surface area contributed by atoms with Crippen molar-refractivity contribution in [3.63, 3.8) is 0 Å². The van der Waals surface area contributed by atoms with Gasteiger partial charge in [-0.15, -0.1) is 0 Å². The monoisotopic (exact) mass is 478 g/mol. The average molecular weight is 479 g/mol. The summed E-state index contributed by atoms with van der Waals surface area (Å²) in [7, 11) is 0. The number of hydrogen-bond acceptors (Lipinski definition) is 4. The Morgan fingerprint density at radius 1 is 1.15 bits per heavy atom. The highest BCUT2D eigenvalue weighted by Gasteiger charge is 2.29. The molecular formula is C25H20Cl2N4O2. The maximum atomic E-state index is 12.1. The van der Waals surface area contributed by atoms with Gasteiger partial charge in [-0.1, -0.05) is 35.8 Å². The van der Waals surface area contributed by atoms with Gasteiger partial charge in [0.15, 0.2) is 0 Å². The lowest BCUT2D eigenvalue weighted by atomic mass is 10.1. The number of carbonyl (C=O) groups is 1. The number of rotatable bonds is 5. The maximum absolute atomic E-state index is 12.1. The van der Waals surface area contributed by atoms with Gasteiger partial charge in [0.05, 0.1) is 22.3 Å². The number of benzene rings is 2. The van der Waals surface area contributed by atoms with Gasteiger partial charge in [0.1, 0.15) is 16.5 Å². The van der Waals surface area contributed by atoms with Crippen molar-refractivity contribution in [2.45, 2.75) is 12.5 Å². The Balaban J connectivity index is 1.49. The largest absolute Gasteiger partial charge is 0.456 e. The molecule has 1 saturated heterocycles. The molecule has 4 aromatic rings. The number of nitrogens with zero attached hydrogens (tertiary/aromatic N) is 4. The molecule has 1 unspecified atom stereocenters. The Bertz CT molecular complexity index is 1350. The highest BCUT2D eigenvalue weighted by Crippen LogP contribution is 2.37. The van der Waals surface area contributed by atoms with Crippen LogP contribution in [0.5, 0.6) is 11.5 Å². The van der Waals surface area contributed by atoms with Gasteiger partial charge in [-0.3, -0.25) is 14.5 Å². The predicted molar refractivity (Wildman–Crippen MR) is 130 cm³/mol. The molecule has 1 atom stereocenters. The third-order valence-corrected chi connectivity index (χ3v) is 6.57. The molecule has 166 valence electrons. The van der Waals surface area contributed by atoms with Gasteiger partial charge >= 0.3 is 0 Å². The normalized spacial score (nSPS) is 15.7. The van der Waals surface area contributed by atoms with Crippen molar-refractivity contribution in [1.29, 1.82) is 0 Å². The molecule has 0 saturated carbocycles. The molecule has 0 N–H and O–H groups in total. The third-order valence-electron chi connectivity index (χ3n) is 5.77. The van der Waals surface area contributed by atoms with Gasteiger partial charge in [-0.05, 0) is 55.0 Å². The van der Waals surface area contributed by atoms with Crippen LogP contribution in [-0.4, -0.2) is 38.7 Å². The molecule has 5 rings (SSSR count). The van der Waals surface area contributed by atoms with Crippen LogP contribution in [0.25, 0.3) is 22.2 Å². The van der Waals surface area contributed by atoms with Crippen molar-refractivity contribution in [3.05, 3.63) is 83.6 Å². The zero-order valence-corrected chi connectivity index (χ0v) is 19.1. The molecule has 2 aromatic heterocycles. The molecular weight excluding hydrogens is 459 g/mol. The van der Waals surface area contributed by atoms with Crippen molar-refractivity contribution in [1.82, 2.24) is 19.7 Å². The Morgan fingerprint density at radius 3 is 2.76 bits per heavy atom. The van der Waals surface area contributed by atoms with Crippen LogP contribution in [0.15, 0.2) is 73.6 Å². The summed E-state index contributed by atoms with van der Waals surface area (Å²) in [4.78, 5) is 18.2. The van der Waals surface area contributed by atoms with Crippen LogP contribution in [0, 0.1) is 0 Å². The van der Waals surface area contributed by atoms with E-state index in [9.17, 15) is 4.79 Å². The van der Waals surface area contributed by atoms with Gasteiger partial charge < -0.3 is 9.64 Å². The van der Waals surface area contributed by atoms with E-state index in [1.807, 2.05) is 41.2 Å². The third kappa shape index (κ3) is 4.08. The lowest BCUT2D eigenvalue weighted by Gasteiger charge is -2.17. The first kappa shape index (κ1) is 21.5. The fraction of sp³-hybridized carbons (Fsp3) is 0.160. The molecule has 1 aliphatic rings. The summed E-state index contributed by atoms with van der Waals surface area (Å²) in [6.45, 7) is 4.87. The first-order valence-corrected chi connectivity index (χ1v) is 11.3. The number of carbonyl (C=O) groups excluding carboxylic acids is 1. The summed E-state index contributed by atoms with van der Waals surface area (Å²) in [5.74, 6) is 1.08. The fourth-order valence-corrected chi connectivity index (χ4v) is 4.47. The number of halogens is 2. The van der Waals surface area contributed by atoms with E-state index in [-0.39, 0.29) is 11.9 Å². The van der Waals surface area contributed by atoms with Crippen molar-refractivity contribution in [2.75, 3.05) is 13.1 Å². The SMILES string of the molecule is C=CC(=O)N1CCC(n2nc3ccncc3c2-c2ccc(Oc3cccc(Cl)c3Cl)cc2)C1. The van der Waals surface area contributed by atoms with E-state index < -0.39 is 0 Å². The van der Waals surface area contributed by atoms with Crippen molar-refractivity contribution >= 4 is 40.0 Å². The molecule has 6 nitrogen and oxygen atoms in total. The van der Waals surface area contributed by atoms with Crippen molar-refractivity contribution in [3.8, 4) is 22.8 Å². The smallest absolute Gasteiger partial charge is 0.246 e. The van der Waals surface area contributed by atoms with E-state index in [0.29, 0.717) is 34.6 Å². The molecule has 33 heavy (non-hydrogen) atoms. The summed E-state index contributed by atoms with van der Waals surface area (Å²) < 4.78 is 7.95. The van der Waals surface area contributed by atoms with E-state index >= 15 is 0 Å². The van der Waals surface area contributed by atoms with Crippen LogP contribution in [0.3, 0.4) is 0 Å². The van der Waals surface area contributed by atoms with E-state index in [1.54, 1.807) is 29.3 Å². The number of hydrogen-bond donors (Lipinski definition) is 0. The van der Waals surface area contributed by atoms with Gasteiger partial charge in [-0.25, -0.2) is 0 Å². The minimum absolute atomic E-state index is 0.0568. The van der Waals surface area contributed by atoms with E-state index in [0.717, 1.165) is 28.6 Å². The summed E-state index contributed by atoms with van der Waals surface area (Å²) in [6.07, 6.45) is 5.74. The zero-order valence-electron chi connectivity index (χ0n) is 17.6. The topological polar surface area (TPSA) is 60.2 Å². The van der Waals surface area contributed by atoms with Gasteiger partial charge in [0.25, 0.3) is 0 Å². The molecule has 1 aliphatic heterocycles. The second-order valence-electron chi connectivity index (χ2n) is 7.80. The summed E-state index contributed by atoms with van der Waals surface area (Å²) in [5.41, 5.74) is 2.80. The molecule has 0 bridgehead atoms. The van der Waals surface area contributed by atoms with Crippen LogP contribution >= 0.6 is 23.2 Å². The molecule has 0 radical (unpaired) electrons. The van der Waals surface area contributed by atoms with Crippen molar-refractivity contribution in [2.24, 2.45) is 0 Å². The fourth-order valence-electron chi connectivity index (χ4n) is 4.14. The first-order chi connectivity index (χ1) is 16.0.